The second-order valence-corrected chi connectivity index (χ2v) is 5.56. The minimum atomic E-state index is 0.243. The Hall–Kier alpha value is -2.10. The van der Waals surface area contributed by atoms with E-state index >= 15 is 0 Å². The van der Waals surface area contributed by atoms with E-state index < -0.39 is 0 Å². The highest BCUT2D eigenvalue weighted by Crippen LogP contribution is 2.34. The van der Waals surface area contributed by atoms with Crippen LogP contribution in [0, 0.1) is 0 Å². The van der Waals surface area contributed by atoms with Crippen molar-refractivity contribution >= 4 is 5.82 Å². The summed E-state index contributed by atoms with van der Waals surface area (Å²) in [6, 6.07) is 9.21. The summed E-state index contributed by atoms with van der Waals surface area (Å²) in [5.74, 6) is 2.34. The largest absolute Gasteiger partial charge is 0.508 e. The molecule has 1 aliphatic rings. The average Bonchev–Trinajstić information content (AvgIpc) is 3.01. The third-order valence-corrected chi connectivity index (χ3v) is 3.98. The van der Waals surface area contributed by atoms with E-state index in [1.165, 1.54) is 25.7 Å². The summed E-state index contributed by atoms with van der Waals surface area (Å²) in [6.07, 6.45) is 4.99. The third-order valence-electron chi connectivity index (χ3n) is 3.98. The first-order valence-corrected chi connectivity index (χ1v) is 7.68. The van der Waals surface area contributed by atoms with Crippen molar-refractivity contribution in [3.8, 4) is 17.1 Å². The summed E-state index contributed by atoms with van der Waals surface area (Å²) in [4.78, 5) is 9.32. The molecule has 0 atom stereocenters. The summed E-state index contributed by atoms with van der Waals surface area (Å²) in [5.41, 5.74) is 1.98. The van der Waals surface area contributed by atoms with Crippen LogP contribution in [-0.2, 0) is 0 Å². The number of hydrogen-bond acceptors (Lipinski definition) is 4. The highest BCUT2D eigenvalue weighted by Gasteiger charge is 2.20. The molecule has 0 aliphatic heterocycles. The maximum Gasteiger partial charge on any atom is 0.161 e. The summed E-state index contributed by atoms with van der Waals surface area (Å²) in [5, 5.41) is 12.9. The number of nitrogens with zero attached hydrogens (tertiary/aromatic N) is 2. The lowest BCUT2D eigenvalue weighted by molar-refractivity contribution is 0.475. The van der Waals surface area contributed by atoms with Crippen LogP contribution in [-0.4, -0.2) is 21.6 Å². The second kappa shape index (κ2) is 6.12. The first kappa shape index (κ1) is 13.9. The van der Waals surface area contributed by atoms with Gasteiger partial charge in [-0.15, -0.1) is 0 Å². The van der Waals surface area contributed by atoms with Crippen LogP contribution in [0.4, 0.5) is 5.82 Å². The molecule has 2 aromatic rings. The molecule has 3 rings (SSSR count). The molecule has 0 saturated heterocycles. The quantitative estimate of drug-likeness (QED) is 0.892. The summed E-state index contributed by atoms with van der Waals surface area (Å²) in [6.45, 7) is 2.89. The van der Waals surface area contributed by atoms with Crippen molar-refractivity contribution in [2.45, 2.75) is 38.5 Å². The predicted molar refractivity (Wildman–Crippen MR) is 84.5 cm³/mol. The van der Waals surface area contributed by atoms with Crippen LogP contribution in [0.25, 0.3) is 11.4 Å². The van der Waals surface area contributed by atoms with Crippen LogP contribution in [0.15, 0.2) is 30.3 Å². The SMILES string of the molecule is CCNc1cc(C2CCCC2)nc(-c2cccc(O)c2)n1. The fourth-order valence-corrected chi connectivity index (χ4v) is 2.94. The maximum atomic E-state index is 9.66. The van der Waals surface area contributed by atoms with Crippen molar-refractivity contribution in [1.82, 2.24) is 9.97 Å². The molecule has 4 heteroatoms. The first-order chi connectivity index (χ1) is 10.3. The molecule has 0 amide bonds. The van der Waals surface area contributed by atoms with Crippen molar-refractivity contribution in [3.05, 3.63) is 36.0 Å². The first-order valence-electron chi connectivity index (χ1n) is 7.68. The fraction of sp³-hybridized carbons (Fsp3) is 0.412. The minimum absolute atomic E-state index is 0.243. The van der Waals surface area contributed by atoms with Gasteiger partial charge in [-0.2, -0.15) is 0 Å². The lowest BCUT2D eigenvalue weighted by atomic mass is 10.0. The smallest absolute Gasteiger partial charge is 0.161 e. The van der Waals surface area contributed by atoms with Gasteiger partial charge in [0.05, 0.1) is 0 Å². The van der Waals surface area contributed by atoms with Gasteiger partial charge in [0.1, 0.15) is 11.6 Å². The van der Waals surface area contributed by atoms with Crippen LogP contribution >= 0.6 is 0 Å². The van der Waals surface area contributed by atoms with E-state index in [0.29, 0.717) is 11.7 Å². The molecular formula is C17H21N3O. The van der Waals surface area contributed by atoms with E-state index in [2.05, 4.69) is 23.3 Å². The lowest BCUT2D eigenvalue weighted by Gasteiger charge is -2.13. The molecule has 0 bridgehead atoms. The van der Waals surface area contributed by atoms with Crippen molar-refractivity contribution in [2.24, 2.45) is 0 Å². The number of rotatable bonds is 4. The molecule has 0 spiro atoms. The van der Waals surface area contributed by atoms with Gasteiger partial charge in [-0.1, -0.05) is 25.0 Å². The Morgan fingerprint density at radius 1 is 1.19 bits per heavy atom. The molecule has 1 aromatic carbocycles. The Kier molecular flexibility index (Phi) is 4.04. The molecule has 1 aromatic heterocycles. The number of nitrogens with one attached hydrogen (secondary N) is 1. The molecule has 4 nitrogen and oxygen atoms in total. The van der Waals surface area contributed by atoms with Gasteiger partial charge in [-0.05, 0) is 31.9 Å². The Morgan fingerprint density at radius 2 is 2.00 bits per heavy atom. The van der Waals surface area contributed by atoms with Gasteiger partial charge in [0.2, 0.25) is 0 Å². The molecule has 2 N–H and O–H groups in total. The van der Waals surface area contributed by atoms with Crippen LogP contribution in [0.5, 0.6) is 5.75 Å². The molecule has 1 heterocycles. The zero-order chi connectivity index (χ0) is 14.7. The summed E-state index contributed by atoms with van der Waals surface area (Å²) in [7, 11) is 0. The molecule has 110 valence electrons. The van der Waals surface area contributed by atoms with Gasteiger partial charge in [-0.25, -0.2) is 9.97 Å². The zero-order valence-electron chi connectivity index (χ0n) is 12.3. The van der Waals surface area contributed by atoms with E-state index in [9.17, 15) is 5.11 Å². The van der Waals surface area contributed by atoms with Crippen molar-refractivity contribution < 1.29 is 5.11 Å². The Labute approximate surface area is 125 Å². The fourth-order valence-electron chi connectivity index (χ4n) is 2.94. The number of hydrogen-bond donors (Lipinski definition) is 2. The van der Waals surface area contributed by atoms with Crippen LogP contribution in [0.3, 0.4) is 0 Å². The normalized spacial score (nSPS) is 15.3. The molecule has 1 saturated carbocycles. The molecule has 21 heavy (non-hydrogen) atoms. The topological polar surface area (TPSA) is 58.0 Å². The van der Waals surface area contributed by atoms with E-state index in [-0.39, 0.29) is 5.75 Å². The minimum Gasteiger partial charge on any atom is -0.508 e. The molecular weight excluding hydrogens is 262 g/mol. The highest BCUT2D eigenvalue weighted by atomic mass is 16.3. The van der Waals surface area contributed by atoms with Crippen LogP contribution in [0.2, 0.25) is 0 Å². The third kappa shape index (κ3) is 3.15. The average molecular weight is 283 g/mol. The molecule has 1 fully saturated rings. The number of aromatic hydroxyl groups is 1. The Balaban J connectivity index is 2.02. The Morgan fingerprint density at radius 3 is 2.71 bits per heavy atom. The van der Waals surface area contributed by atoms with Crippen molar-refractivity contribution in [1.29, 1.82) is 0 Å². The van der Waals surface area contributed by atoms with Crippen molar-refractivity contribution in [2.75, 3.05) is 11.9 Å². The van der Waals surface area contributed by atoms with Crippen LogP contribution in [0.1, 0.15) is 44.2 Å². The summed E-state index contributed by atoms with van der Waals surface area (Å²) < 4.78 is 0. The number of benzene rings is 1. The van der Waals surface area contributed by atoms with E-state index in [1.807, 2.05) is 12.1 Å². The van der Waals surface area contributed by atoms with Gasteiger partial charge in [-0.3, -0.25) is 0 Å². The van der Waals surface area contributed by atoms with Gasteiger partial charge in [0, 0.05) is 29.8 Å². The van der Waals surface area contributed by atoms with Crippen LogP contribution < -0.4 is 5.32 Å². The van der Waals surface area contributed by atoms with E-state index in [4.69, 9.17) is 4.98 Å². The number of anilines is 1. The number of phenolic OH excluding ortho intramolecular Hbond substituents is 1. The highest BCUT2D eigenvalue weighted by molar-refractivity contribution is 5.59. The zero-order valence-corrected chi connectivity index (χ0v) is 12.3. The monoisotopic (exact) mass is 283 g/mol. The Bertz CT molecular complexity index is 621. The molecule has 0 radical (unpaired) electrons. The molecule has 1 aliphatic carbocycles. The van der Waals surface area contributed by atoms with Crippen molar-refractivity contribution in [3.63, 3.8) is 0 Å². The maximum absolute atomic E-state index is 9.66. The number of phenols is 1. The standard InChI is InChI=1S/C17H21N3O/c1-2-18-16-11-15(12-6-3-4-7-12)19-17(20-16)13-8-5-9-14(21)10-13/h5,8-12,21H,2-4,6-7H2,1H3,(H,18,19,20). The van der Waals surface area contributed by atoms with Gasteiger partial charge in [0.25, 0.3) is 0 Å². The van der Waals surface area contributed by atoms with Gasteiger partial charge >= 0.3 is 0 Å². The van der Waals surface area contributed by atoms with Gasteiger partial charge in [0.15, 0.2) is 5.82 Å². The van der Waals surface area contributed by atoms with E-state index in [0.717, 1.165) is 23.6 Å². The molecule has 0 unspecified atom stereocenters. The van der Waals surface area contributed by atoms with Gasteiger partial charge < -0.3 is 10.4 Å². The lowest BCUT2D eigenvalue weighted by Crippen LogP contribution is -2.06. The number of aromatic nitrogens is 2. The van der Waals surface area contributed by atoms with E-state index in [1.54, 1.807) is 12.1 Å². The predicted octanol–water partition coefficient (Wildman–Crippen LogP) is 3.94. The second-order valence-electron chi connectivity index (χ2n) is 5.56. The summed E-state index contributed by atoms with van der Waals surface area (Å²) >= 11 is 0.